The van der Waals surface area contributed by atoms with Crippen LogP contribution in [-0.2, 0) is 0 Å². The van der Waals surface area contributed by atoms with Gasteiger partial charge in [0.15, 0.2) is 23.7 Å². The maximum Gasteiger partial charge on any atom is 0.185 e. The Morgan fingerprint density at radius 3 is 2.47 bits per heavy atom. The minimum absolute atomic E-state index is 0.148. The molecule has 0 aliphatic heterocycles. The highest BCUT2D eigenvalue weighted by atomic mass is 19.2. The molecule has 76 valence electrons. The fourth-order valence-electron chi connectivity index (χ4n) is 1.22. The summed E-state index contributed by atoms with van der Waals surface area (Å²) in [5.41, 5.74) is 0.391. The third-order valence-electron chi connectivity index (χ3n) is 1.95. The van der Waals surface area contributed by atoms with Crippen molar-refractivity contribution in [3.05, 3.63) is 47.7 Å². The molecule has 1 heterocycles. The van der Waals surface area contributed by atoms with Gasteiger partial charge < -0.3 is 4.42 Å². The zero-order valence-electron chi connectivity index (χ0n) is 7.54. The molecule has 0 amide bonds. The van der Waals surface area contributed by atoms with Gasteiger partial charge in [-0.25, -0.2) is 8.78 Å². The molecule has 2 rings (SSSR count). The van der Waals surface area contributed by atoms with Crippen molar-refractivity contribution >= 4 is 6.29 Å². The third kappa shape index (κ3) is 1.79. The molecule has 0 atom stereocenters. The summed E-state index contributed by atoms with van der Waals surface area (Å²) in [4.78, 5) is 10.3. The second-order valence-electron chi connectivity index (χ2n) is 2.95. The first-order valence-corrected chi connectivity index (χ1v) is 4.21. The first-order chi connectivity index (χ1) is 7.20. The van der Waals surface area contributed by atoms with Gasteiger partial charge in [0.05, 0.1) is 0 Å². The lowest BCUT2D eigenvalue weighted by atomic mass is 10.1. The van der Waals surface area contributed by atoms with Crippen LogP contribution in [0.1, 0.15) is 10.6 Å². The van der Waals surface area contributed by atoms with Crippen molar-refractivity contribution in [3.8, 4) is 11.3 Å². The van der Waals surface area contributed by atoms with Crippen LogP contribution in [0.25, 0.3) is 11.3 Å². The van der Waals surface area contributed by atoms with E-state index in [4.69, 9.17) is 4.42 Å². The molecule has 0 saturated carbocycles. The topological polar surface area (TPSA) is 30.2 Å². The van der Waals surface area contributed by atoms with Gasteiger partial charge in [-0.05, 0) is 30.3 Å². The fourth-order valence-corrected chi connectivity index (χ4v) is 1.22. The third-order valence-corrected chi connectivity index (χ3v) is 1.95. The van der Waals surface area contributed by atoms with Crippen LogP contribution in [0.2, 0.25) is 0 Å². The molecule has 0 fully saturated rings. The van der Waals surface area contributed by atoms with Crippen LogP contribution in [0.3, 0.4) is 0 Å². The summed E-state index contributed by atoms with van der Waals surface area (Å²) in [7, 11) is 0. The van der Waals surface area contributed by atoms with Crippen LogP contribution in [0, 0.1) is 11.6 Å². The van der Waals surface area contributed by atoms with E-state index in [9.17, 15) is 13.6 Å². The van der Waals surface area contributed by atoms with Crippen LogP contribution in [-0.4, -0.2) is 6.29 Å². The molecule has 1 aromatic carbocycles. The highest BCUT2D eigenvalue weighted by Crippen LogP contribution is 2.23. The van der Waals surface area contributed by atoms with Crippen LogP contribution in [0.4, 0.5) is 8.78 Å². The molecule has 2 nitrogen and oxygen atoms in total. The monoisotopic (exact) mass is 208 g/mol. The van der Waals surface area contributed by atoms with Gasteiger partial charge >= 0.3 is 0 Å². The predicted molar refractivity (Wildman–Crippen MR) is 49.4 cm³/mol. The molecule has 0 spiro atoms. The van der Waals surface area contributed by atoms with Crippen LogP contribution < -0.4 is 0 Å². The number of furan rings is 1. The second kappa shape index (κ2) is 3.65. The van der Waals surface area contributed by atoms with E-state index in [-0.39, 0.29) is 5.76 Å². The Balaban J connectivity index is 2.44. The van der Waals surface area contributed by atoms with E-state index in [0.717, 1.165) is 12.1 Å². The summed E-state index contributed by atoms with van der Waals surface area (Å²) in [5.74, 6) is -1.39. The number of halogens is 2. The SMILES string of the molecule is O=Cc1ccc(-c2ccc(F)c(F)c2)o1. The molecular weight excluding hydrogens is 202 g/mol. The van der Waals surface area contributed by atoms with Gasteiger partial charge in [0, 0.05) is 5.56 Å². The van der Waals surface area contributed by atoms with E-state index in [1.807, 2.05) is 0 Å². The number of hydrogen-bond donors (Lipinski definition) is 0. The lowest BCUT2D eigenvalue weighted by Gasteiger charge is -1.97. The number of carbonyl (C=O) groups excluding carboxylic acids is 1. The summed E-state index contributed by atoms with van der Waals surface area (Å²) in [6, 6.07) is 6.39. The zero-order chi connectivity index (χ0) is 10.8. The van der Waals surface area contributed by atoms with Crippen molar-refractivity contribution in [1.82, 2.24) is 0 Å². The lowest BCUT2D eigenvalue weighted by molar-refractivity contribution is 0.110. The number of hydrogen-bond acceptors (Lipinski definition) is 2. The van der Waals surface area contributed by atoms with Crippen molar-refractivity contribution in [2.75, 3.05) is 0 Å². The Labute approximate surface area is 84.1 Å². The number of benzene rings is 1. The fraction of sp³-hybridized carbons (Fsp3) is 0. The van der Waals surface area contributed by atoms with E-state index < -0.39 is 11.6 Å². The number of carbonyl (C=O) groups is 1. The molecule has 2 aromatic rings. The van der Waals surface area contributed by atoms with Gasteiger partial charge in [-0.1, -0.05) is 0 Å². The molecule has 0 unspecified atom stereocenters. The maximum absolute atomic E-state index is 12.9. The van der Waals surface area contributed by atoms with E-state index in [2.05, 4.69) is 0 Å². The smallest absolute Gasteiger partial charge is 0.185 e. The molecule has 15 heavy (non-hydrogen) atoms. The number of aldehydes is 1. The molecule has 0 N–H and O–H groups in total. The van der Waals surface area contributed by atoms with E-state index in [0.29, 0.717) is 17.6 Å². The van der Waals surface area contributed by atoms with Crippen LogP contribution in [0.5, 0.6) is 0 Å². The molecule has 4 heteroatoms. The van der Waals surface area contributed by atoms with Crippen LogP contribution >= 0.6 is 0 Å². The quantitative estimate of drug-likeness (QED) is 0.710. The average molecular weight is 208 g/mol. The van der Waals surface area contributed by atoms with E-state index in [1.54, 1.807) is 0 Å². The van der Waals surface area contributed by atoms with Crippen molar-refractivity contribution in [3.63, 3.8) is 0 Å². The van der Waals surface area contributed by atoms with Gasteiger partial charge in [-0.3, -0.25) is 4.79 Å². The first kappa shape index (κ1) is 9.58. The summed E-state index contributed by atoms with van der Waals surface area (Å²) in [6.07, 6.45) is 0.545. The molecule has 0 bridgehead atoms. The lowest BCUT2D eigenvalue weighted by Crippen LogP contribution is -1.83. The molecule has 0 saturated heterocycles. The molecule has 0 aliphatic carbocycles. The first-order valence-electron chi connectivity index (χ1n) is 4.21. The standard InChI is InChI=1S/C11H6F2O2/c12-9-3-1-7(5-10(9)13)11-4-2-8(6-14)15-11/h1-6H. The number of rotatable bonds is 2. The van der Waals surface area contributed by atoms with Crippen molar-refractivity contribution in [2.45, 2.75) is 0 Å². The van der Waals surface area contributed by atoms with Crippen molar-refractivity contribution < 1.29 is 18.0 Å². The van der Waals surface area contributed by atoms with Gasteiger partial charge in [-0.2, -0.15) is 0 Å². The molecule has 0 aliphatic rings. The largest absolute Gasteiger partial charge is 0.453 e. The minimum atomic E-state index is -0.948. The average Bonchev–Trinajstić information content (AvgIpc) is 2.70. The summed E-state index contributed by atoms with van der Waals surface area (Å²) in [5, 5.41) is 0. The van der Waals surface area contributed by atoms with Gasteiger partial charge in [-0.15, -0.1) is 0 Å². The van der Waals surface area contributed by atoms with Crippen LogP contribution in [0.15, 0.2) is 34.7 Å². The normalized spacial score (nSPS) is 10.3. The summed E-state index contributed by atoms with van der Waals surface area (Å²) in [6.45, 7) is 0. The zero-order valence-corrected chi connectivity index (χ0v) is 7.54. The maximum atomic E-state index is 12.9. The Hall–Kier alpha value is -1.97. The molecule has 1 aromatic heterocycles. The second-order valence-corrected chi connectivity index (χ2v) is 2.95. The van der Waals surface area contributed by atoms with Crippen molar-refractivity contribution in [2.24, 2.45) is 0 Å². The summed E-state index contributed by atoms with van der Waals surface area (Å²) < 4.78 is 30.5. The van der Waals surface area contributed by atoms with Crippen molar-refractivity contribution in [1.29, 1.82) is 0 Å². The summed E-state index contributed by atoms with van der Waals surface area (Å²) >= 11 is 0. The Bertz CT molecular complexity index is 503. The molecule has 0 radical (unpaired) electrons. The minimum Gasteiger partial charge on any atom is -0.453 e. The molecular formula is C11H6F2O2. The Morgan fingerprint density at radius 1 is 1.07 bits per heavy atom. The highest BCUT2D eigenvalue weighted by Gasteiger charge is 2.07. The van der Waals surface area contributed by atoms with Gasteiger partial charge in [0.2, 0.25) is 0 Å². The predicted octanol–water partition coefficient (Wildman–Crippen LogP) is 3.04. The van der Waals surface area contributed by atoms with E-state index >= 15 is 0 Å². The van der Waals surface area contributed by atoms with Gasteiger partial charge in [0.1, 0.15) is 5.76 Å². The Morgan fingerprint density at radius 2 is 1.87 bits per heavy atom. The highest BCUT2D eigenvalue weighted by molar-refractivity contribution is 5.72. The van der Waals surface area contributed by atoms with E-state index in [1.165, 1.54) is 18.2 Å². The van der Waals surface area contributed by atoms with Gasteiger partial charge in [0.25, 0.3) is 0 Å². The Kier molecular flexibility index (Phi) is 2.33.